The molecule has 6 nitrogen and oxygen atoms in total. The summed E-state index contributed by atoms with van der Waals surface area (Å²) in [5.74, 6) is -0.886. The first-order valence-electron chi connectivity index (χ1n) is 9.06. The van der Waals surface area contributed by atoms with E-state index in [9.17, 15) is 18.0 Å². The number of para-hydroxylation sites is 1. The number of alkyl halides is 3. The first-order valence-corrected chi connectivity index (χ1v) is 9.06. The molecule has 0 spiro atoms. The third kappa shape index (κ3) is 4.86. The highest BCUT2D eigenvalue weighted by molar-refractivity contribution is 6.07. The van der Waals surface area contributed by atoms with Crippen LogP contribution in [-0.2, 0) is 18.1 Å². The van der Waals surface area contributed by atoms with Gasteiger partial charge in [0.25, 0.3) is 5.91 Å². The summed E-state index contributed by atoms with van der Waals surface area (Å²) < 4.78 is 40.5. The molecule has 0 saturated carbocycles. The predicted octanol–water partition coefficient (Wildman–Crippen LogP) is 4.73. The fourth-order valence-corrected chi connectivity index (χ4v) is 2.82. The maximum Gasteiger partial charge on any atom is 0.435 e. The molecule has 0 aliphatic heterocycles. The summed E-state index contributed by atoms with van der Waals surface area (Å²) in [6, 6.07) is 14.1. The summed E-state index contributed by atoms with van der Waals surface area (Å²) in [5.41, 5.74) is 0.882. The Morgan fingerprint density at radius 1 is 1.20 bits per heavy atom. The van der Waals surface area contributed by atoms with Crippen molar-refractivity contribution in [3.05, 3.63) is 71.5 Å². The number of rotatable bonds is 6. The minimum absolute atomic E-state index is 0.384. The van der Waals surface area contributed by atoms with E-state index in [4.69, 9.17) is 4.84 Å². The van der Waals surface area contributed by atoms with Crippen molar-refractivity contribution in [3.8, 4) is 11.1 Å². The highest BCUT2D eigenvalue weighted by Crippen LogP contribution is 2.32. The van der Waals surface area contributed by atoms with Gasteiger partial charge >= 0.3 is 6.18 Å². The molecule has 3 aromatic rings. The molecule has 2 aromatic carbocycles. The Labute approximate surface area is 171 Å². The van der Waals surface area contributed by atoms with E-state index in [0.29, 0.717) is 17.9 Å². The zero-order valence-corrected chi connectivity index (χ0v) is 16.3. The van der Waals surface area contributed by atoms with E-state index in [1.54, 1.807) is 30.5 Å². The van der Waals surface area contributed by atoms with Gasteiger partial charge in [0, 0.05) is 24.5 Å². The molecule has 1 heterocycles. The molecule has 0 bridgehead atoms. The number of aryl methyl sites for hydroxylation is 1. The molecule has 0 atom stereocenters. The van der Waals surface area contributed by atoms with Crippen molar-refractivity contribution in [2.24, 2.45) is 12.2 Å². The highest BCUT2D eigenvalue weighted by Gasteiger charge is 2.39. The molecule has 0 aliphatic carbocycles. The predicted molar refractivity (Wildman–Crippen MR) is 107 cm³/mol. The third-order valence-electron chi connectivity index (χ3n) is 4.14. The van der Waals surface area contributed by atoms with Crippen LogP contribution >= 0.6 is 0 Å². The largest absolute Gasteiger partial charge is 0.435 e. The molecule has 9 heteroatoms. The second-order valence-electron chi connectivity index (χ2n) is 6.34. The van der Waals surface area contributed by atoms with Crippen LogP contribution in [0.1, 0.15) is 28.5 Å². The molecular weight excluding hydrogens is 397 g/mol. The Kier molecular flexibility index (Phi) is 6.20. The van der Waals surface area contributed by atoms with Gasteiger partial charge in [0.05, 0.1) is 11.8 Å². The summed E-state index contributed by atoms with van der Waals surface area (Å²) in [6.07, 6.45) is -2.11. The van der Waals surface area contributed by atoms with Crippen LogP contribution in [0.25, 0.3) is 11.1 Å². The lowest BCUT2D eigenvalue weighted by atomic mass is 10.0. The maximum atomic E-state index is 13.2. The van der Waals surface area contributed by atoms with Gasteiger partial charge in [-0.25, -0.2) is 0 Å². The molecule has 1 amide bonds. The quantitative estimate of drug-likeness (QED) is 0.467. The second-order valence-corrected chi connectivity index (χ2v) is 6.34. The number of amides is 1. The number of oxime groups is 1. The summed E-state index contributed by atoms with van der Waals surface area (Å²) in [4.78, 5) is 17.5. The molecule has 0 aliphatic rings. The van der Waals surface area contributed by atoms with Gasteiger partial charge in [0.2, 0.25) is 0 Å². The number of benzene rings is 2. The Balaban J connectivity index is 1.87. The van der Waals surface area contributed by atoms with Crippen molar-refractivity contribution in [2.75, 3.05) is 11.9 Å². The van der Waals surface area contributed by atoms with E-state index >= 15 is 0 Å². The molecule has 156 valence electrons. The van der Waals surface area contributed by atoms with E-state index in [2.05, 4.69) is 15.6 Å². The van der Waals surface area contributed by atoms with Gasteiger partial charge in [-0.2, -0.15) is 18.3 Å². The maximum absolute atomic E-state index is 13.2. The van der Waals surface area contributed by atoms with Crippen LogP contribution < -0.4 is 5.32 Å². The van der Waals surface area contributed by atoms with E-state index in [1.807, 2.05) is 31.2 Å². The number of anilines is 1. The number of halogens is 3. The van der Waals surface area contributed by atoms with Crippen LogP contribution in [0.3, 0.4) is 0 Å². The first-order chi connectivity index (χ1) is 14.3. The zero-order valence-electron chi connectivity index (χ0n) is 16.3. The Morgan fingerprint density at radius 3 is 2.57 bits per heavy atom. The van der Waals surface area contributed by atoms with Gasteiger partial charge < -0.3 is 10.2 Å². The van der Waals surface area contributed by atoms with E-state index in [1.165, 1.54) is 7.05 Å². The fraction of sp³-hybridized carbons (Fsp3) is 0.190. The number of aromatic nitrogens is 2. The minimum Gasteiger partial charge on any atom is -0.396 e. The lowest BCUT2D eigenvalue weighted by Crippen LogP contribution is -2.18. The first kappa shape index (κ1) is 21.1. The molecule has 1 N–H and O–H groups in total. The Hall–Kier alpha value is -3.62. The lowest BCUT2D eigenvalue weighted by molar-refractivity contribution is -0.141. The SMILES string of the molecule is CCON=Cc1ccc(-c2ccccc2NC(=O)c2cn(C)nc2C(F)(F)F)cc1. The Bertz CT molecular complexity index is 1060. The van der Waals surface area contributed by atoms with Crippen LogP contribution in [0, 0.1) is 0 Å². The normalized spacial score (nSPS) is 11.6. The monoisotopic (exact) mass is 416 g/mol. The van der Waals surface area contributed by atoms with E-state index in [-0.39, 0.29) is 0 Å². The molecule has 0 fully saturated rings. The molecule has 30 heavy (non-hydrogen) atoms. The van der Waals surface area contributed by atoms with Crippen LogP contribution in [0.15, 0.2) is 59.9 Å². The van der Waals surface area contributed by atoms with Crippen LogP contribution in [0.5, 0.6) is 0 Å². The number of hydrogen-bond donors (Lipinski definition) is 1. The van der Waals surface area contributed by atoms with Gasteiger partial charge in [0.1, 0.15) is 6.61 Å². The smallest absolute Gasteiger partial charge is 0.396 e. The summed E-state index contributed by atoms with van der Waals surface area (Å²) in [7, 11) is 1.33. The Morgan fingerprint density at radius 2 is 1.90 bits per heavy atom. The van der Waals surface area contributed by atoms with Gasteiger partial charge in [-0.1, -0.05) is 47.6 Å². The molecule has 0 saturated heterocycles. The van der Waals surface area contributed by atoms with Gasteiger partial charge in [0.15, 0.2) is 5.69 Å². The van der Waals surface area contributed by atoms with Crippen molar-refractivity contribution in [1.29, 1.82) is 0 Å². The van der Waals surface area contributed by atoms with Crippen LogP contribution in [-0.4, -0.2) is 28.5 Å². The number of carbonyl (C=O) groups excluding carboxylic acids is 1. The molecule has 3 rings (SSSR count). The summed E-state index contributed by atoms with van der Waals surface area (Å²) >= 11 is 0. The number of nitrogens with one attached hydrogen (secondary N) is 1. The minimum atomic E-state index is -4.73. The third-order valence-corrected chi connectivity index (χ3v) is 4.14. The average Bonchev–Trinajstić information content (AvgIpc) is 3.12. The van der Waals surface area contributed by atoms with Crippen molar-refractivity contribution >= 4 is 17.8 Å². The topological polar surface area (TPSA) is 68.5 Å². The number of hydrogen-bond acceptors (Lipinski definition) is 4. The molecule has 0 unspecified atom stereocenters. The van der Waals surface area contributed by atoms with Crippen molar-refractivity contribution in [2.45, 2.75) is 13.1 Å². The number of nitrogens with zero attached hydrogens (tertiary/aromatic N) is 3. The fourth-order valence-electron chi connectivity index (χ4n) is 2.82. The number of carbonyl (C=O) groups is 1. The zero-order chi connectivity index (χ0) is 21.7. The second kappa shape index (κ2) is 8.81. The van der Waals surface area contributed by atoms with Crippen LogP contribution in [0.2, 0.25) is 0 Å². The van der Waals surface area contributed by atoms with Crippen molar-refractivity contribution in [1.82, 2.24) is 9.78 Å². The van der Waals surface area contributed by atoms with Gasteiger partial charge in [-0.15, -0.1) is 0 Å². The van der Waals surface area contributed by atoms with E-state index < -0.39 is 23.3 Å². The lowest BCUT2D eigenvalue weighted by Gasteiger charge is -2.12. The molecule has 0 radical (unpaired) electrons. The molecule has 1 aromatic heterocycles. The van der Waals surface area contributed by atoms with Gasteiger partial charge in [-0.05, 0) is 24.1 Å². The van der Waals surface area contributed by atoms with Gasteiger partial charge in [-0.3, -0.25) is 9.48 Å². The highest BCUT2D eigenvalue weighted by atomic mass is 19.4. The van der Waals surface area contributed by atoms with E-state index in [0.717, 1.165) is 22.0 Å². The molecular formula is C21H19F3N4O2. The van der Waals surface area contributed by atoms with Crippen molar-refractivity contribution < 1.29 is 22.8 Å². The summed E-state index contributed by atoms with van der Waals surface area (Å²) in [6.45, 7) is 2.30. The van der Waals surface area contributed by atoms with Crippen LogP contribution in [0.4, 0.5) is 18.9 Å². The van der Waals surface area contributed by atoms with Crippen molar-refractivity contribution in [3.63, 3.8) is 0 Å². The summed E-state index contributed by atoms with van der Waals surface area (Å²) in [5, 5.41) is 9.74. The standard InChI is InChI=1S/C21H19F3N4O2/c1-3-30-25-12-14-8-10-15(11-9-14)16-6-4-5-7-18(16)26-20(29)17-13-28(2)27-19(17)21(22,23)24/h4-13H,3H2,1-2H3,(H,26,29). The average molecular weight is 416 g/mol.